The Morgan fingerprint density at radius 2 is 1.55 bits per heavy atom. The molecule has 0 aromatic heterocycles. The Labute approximate surface area is 185 Å². The number of esters is 1. The van der Waals surface area contributed by atoms with Crippen LogP contribution in [0.25, 0.3) is 0 Å². The van der Waals surface area contributed by atoms with Crippen LogP contribution in [0.1, 0.15) is 37.8 Å². The quantitative estimate of drug-likeness (QED) is 0.249. The molecule has 3 N–H and O–H groups in total. The maximum absolute atomic E-state index is 13.3. The standard InChI is InChI=1S/C25H34N2O4/c1-18(2)23(25(30)31-3)27(26)24(29)21(16-20-12-8-5-9-13-20)17-22(28)15-14-19-10-6-4-7-11-19/h4-13,18,21-23,28H,14-17,26H2,1-3H3/t21?,22?,23-/m0/s1. The van der Waals surface area contributed by atoms with E-state index in [0.717, 1.165) is 22.6 Å². The molecule has 2 aromatic carbocycles. The first kappa shape index (κ1) is 24.6. The van der Waals surface area contributed by atoms with Gasteiger partial charge in [0, 0.05) is 5.92 Å². The number of carbonyl (C=O) groups is 2. The number of methoxy groups -OCH3 is 1. The molecule has 3 atom stereocenters. The third kappa shape index (κ3) is 7.49. The zero-order valence-corrected chi connectivity index (χ0v) is 18.6. The first-order valence-corrected chi connectivity index (χ1v) is 10.7. The second kappa shape index (κ2) is 12.2. The first-order chi connectivity index (χ1) is 14.8. The zero-order valence-electron chi connectivity index (χ0n) is 18.6. The van der Waals surface area contributed by atoms with Crippen LogP contribution in [0.15, 0.2) is 60.7 Å². The molecule has 0 aliphatic carbocycles. The molecule has 0 spiro atoms. The van der Waals surface area contributed by atoms with E-state index in [1.807, 2.05) is 74.5 Å². The summed E-state index contributed by atoms with van der Waals surface area (Å²) in [7, 11) is 1.28. The van der Waals surface area contributed by atoms with Crippen molar-refractivity contribution in [3.05, 3.63) is 71.8 Å². The first-order valence-electron chi connectivity index (χ1n) is 10.7. The van der Waals surface area contributed by atoms with Crippen LogP contribution in [0.4, 0.5) is 0 Å². The lowest BCUT2D eigenvalue weighted by Gasteiger charge is -2.32. The number of aryl methyl sites for hydroxylation is 1. The van der Waals surface area contributed by atoms with Crippen molar-refractivity contribution in [1.82, 2.24) is 5.01 Å². The lowest BCUT2D eigenvalue weighted by Crippen LogP contribution is -2.55. The fourth-order valence-electron chi connectivity index (χ4n) is 3.77. The number of hydrazine groups is 1. The highest BCUT2D eigenvalue weighted by atomic mass is 16.5. The highest BCUT2D eigenvalue weighted by Crippen LogP contribution is 2.21. The lowest BCUT2D eigenvalue weighted by molar-refractivity contribution is -0.157. The summed E-state index contributed by atoms with van der Waals surface area (Å²) in [6, 6.07) is 18.7. The van der Waals surface area contributed by atoms with Gasteiger partial charge < -0.3 is 9.84 Å². The molecule has 168 valence electrons. The number of rotatable bonds is 11. The molecule has 1 amide bonds. The minimum atomic E-state index is -0.878. The van der Waals surface area contributed by atoms with Gasteiger partial charge >= 0.3 is 5.97 Å². The number of nitrogens with zero attached hydrogens (tertiary/aromatic N) is 1. The third-order valence-electron chi connectivity index (χ3n) is 5.47. The van der Waals surface area contributed by atoms with Crippen LogP contribution in [-0.2, 0) is 27.2 Å². The van der Waals surface area contributed by atoms with Gasteiger partial charge in [-0.3, -0.25) is 9.80 Å². The summed E-state index contributed by atoms with van der Waals surface area (Å²) in [5, 5.41) is 11.7. The Hall–Kier alpha value is -2.70. The van der Waals surface area contributed by atoms with Crippen molar-refractivity contribution in [2.45, 2.75) is 51.7 Å². The summed E-state index contributed by atoms with van der Waals surface area (Å²) < 4.78 is 4.85. The summed E-state index contributed by atoms with van der Waals surface area (Å²) in [5.74, 6) is 4.46. The summed E-state index contributed by atoms with van der Waals surface area (Å²) >= 11 is 0. The highest BCUT2D eigenvalue weighted by Gasteiger charge is 2.35. The smallest absolute Gasteiger partial charge is 0.330 e. The van der Waals surface area contributed by atoms with E-state index < -0.39 is 24.0 Å². The summed E-state index contributed by atoms with van der Waals surface area (Å²) in [4.78, 5) is 25.5. The van der Waals surface area contributed by atoms with E-state index in [1.54, 1.807) is 0 Å². The predicted molar refractivity (Wildman–Crippen MR) is 121 cm³/mol. The maximum Gasteiger partial charge on any atom is 0.330 e. The molecule has 0 heterocycles. The molecule has 6 nitrogen and oxygen atoms in total. The average Bonchev–Trinajstić information content (AvgIpc) is 2.77. The van der Waals surface area contributed by atoms with Gasteiger partial charge in [-0.15, -0.1) is 0 Å². The molecule has 0 fully saturated rings. The summed E-state index contributed by atoms with van der Waals surface area (Å²) in [6.07, 6.45) is 1.29. The Morgan fingerprint density at radius 3 is 2.06 bits per heavy atom. The van der Waals surface area contributed by atoms with Crippen molar-refractivity contribution in [3.8, 4) is 0 Å². The van der Waals surface area contributed by atoms with E-state index in [0.29, 0.717) is 12.8 Å². The van der Waals surface area contributed by atoms with E-state index in [9.17, 15) is 14.7 Å². The zero-order chi connectivity index (χ0) is 22.8. The number of hydrogen-bond donors (Lipinski definition) is 2. The number of nitrogens with two attached hydrogens (primary N) is 1. The Morgan fingerprint density at radius 1 is 1.00 bits per heavy atom. The number of aliphatic hydroxyl groups is 1. The molecule has 31 heavy (non-hydrogen) atoms. The van der Waals surface area contributed by atoms with Crippen LogP contribution in [0.2, 0.25) is 0 Å². The molecule has 0 aliphatic rings. The second-order valence-electron chi connectivity index (χ2n) is 8.26. The van der Waals surface area contributed by atoms with Gasteiger partial charge in [0.1, 0.15) is 6.04 Å². The third-order valence-corrected chi connectivity index (χ3v) is 5.47. The van der Waals surface area contributed by atoms with Crippen molar-refractivity contribution in [3.63, 3.8) is 0 Å². The van der Waals surface area contributed by atoms with Gasteiger partial charge in [0.15, 0.2) is 0 Å². The van der Waals surface area contributed by atoms with Crippen molar-refractivity contribution < 1.29 is 19.4 Å². The van der Waals surface area contributed by atoms with Gasteiger partial charge in [-0.05, 0) is 42.7 Å². The average molecular weight is 427 g/mol. The minimum Gasteiger partial charge on any atom is -0.467 e. The fourth-order valence-corrected chi connectivity index (χ4v) is 3.77. The maximum atomic E-state index is 13.3. The van der Waals surface area contributed by atoms with Crippen LogP contribution in [0.5, 0.6) is 0 Å². The van der Waals surface area contributed by atoms with Crippen molar-refractivity contribution in [1.29, 1.82) is 0 Å². The van der Waals surface area contributed by atoms with E-state index in [4.69, 9.17) is 10.6 Å². The molecule has 0 radical (unpaired) electrons. The molecule has 0 aliphatic heterocycles. The molecule has 0 saturated heterocycles. The number of hydrogen-bond acceptors (Lipinski definition) is 5. The van der Waals surface area contributed by atoms with Gasteiger partial charge in [0.05, 0.1) is 13.2 Å². The second-order valence-corrected chi connectivity index (χ2v) is 8.26. The molecular formula is C25H34N2O4. The van der Waals surface area contributed by atoms with Crippen molar-refractivity contribution in [2.75, 3.05) is 7.11 Å². The van der Waals surface area contributed by atoms with Crippen LogP contribution in [-0.4, -0.2) is 41.2 Å². The number of ether oxygens (including phenoxy) is 1. The molecule has 0 saturated carbocycles. The van der Waals surface area contributed by atoms with Crippen LogP contribution in [0, 0.1) is 11.8 Å². The Kier molecular flexibility index (Phi) is 9.69. The number of aliphatic hydroxyl groups excluding tert-OH is 1. The molecule has 6 heteroatoms. The normalized spacial score (nSPS) is 14.0. The van der Waals surface area contributed by atoms with E-state index >= 15 is 0 Å². The van der Waals surface area contributed by atoms with Crippen LogP contribution in [0.3, 0.4) is 0 Å². The topological polar surface area (TPSA) is 92.9 Å². The Balaban J connectivity index is 2.14. The molecular weight excluding hydrogens is 392 g/mol. The number of carbonyl (C=O) groups excluding carboxylic acids is 2. The monoisotopic (exact) mass is 426 g/mol. The van der Waals surface area contributed by atoms with Crippen molar-refractivity contribution >= 4 is 11.9 Å². The van der Waals surface area contributed by atoms with Gasteiger partial charge in [-0.25, -0.2) is 10.6 Å². The fraction of sp³-hybridized carbons (Fsp3) is 0.440. The molecule has 2 unspecified atom stereocenters. The van der Waals surface area contributed by atoms with Crippen LogP contribution >= 0.6 is 0 Å². The van der Waals surface area contributed by atoms with E-state index in [2.05, 4.69) is 0 Å². The number of benzene rings is 2. The number of amides is 1. The molecule has 0 bridgehead atoms. The summed E-state index contributed by atoms with van der Waals surface area (Å²) in [5.41, 5.74) is 2.11. The minimum absolute atomic E-state index is 0.207. The predicted octanol–water partition coefficient (Wildman–Crippen LogP) is 3.13. The lowest BCUT2D eigenvalue weighted by atomic mass is 9.90. The molecule has 2 aromatic rings. The summed E-state index contributed by atoms with van der Waals surface area (Å²) in [6.45, 7) is 3.63. The van der Waals surface area contributed by atoms with Gasteiger partial charge in [0.25, 0.3) is 0 Å². The Bertz CT molecular complexity index is 811. The largest absolute Gasteiger partial charge is 0.467 e. The van der Waals surface area contributed by atoms with Gasteiger partial charge in [-0.1, -0.05) is 74.5 Å². The van der Waals surface area contributed by atoms with E-state index in [-0.39, 0.29) is 18.2 Å². The van der Waals surface area contributed by atoms with Crippen LogP contribution < -0.4 is 5.84 Å². The van der Waals surface area contributed by atoms with Gasteiger partial charge in [-0.2, -0.15) is 0 Å². The van der Waals surface area contributed by atoms with Crippen molar-refractivity contribution in [2.24, 2.45) is 17.7 Å². The highest BCUT2D eigenvalue weighted by molar-refractivity contribution is 5.85. The van der Waals surface area contributed by atoms with E-state index in [1.165, 1.54) is 7.11 Å². The molecule has 2 rings (SSSR count). The SMILES string of the molecule is COC(=O)[C@H](C(C)C)N(N)C(=O)C(Cc1ccccc1)CC(O)CCc1ccccc1. The van der Waals surface area contributed by atoms with Gasteiger partial charge in [0.2, 0.25) is 5.91 Å².